The number of aliphatic imine (C=N–C) groups is 1. The van der Waals surface area contributed by atoms with Crippen LogP contribution in [-0.2, 0) is 11.4 Å². The zero-order valence-electron chi connectivity index (χ0n) is 22.0. The minimum absolute atomic E-state index is 0.0681. The Kier molecular flexibility index (Phi) is 9.24. The Morgan fingerprint density at radius 2 is 2.03 bits per heavy atom. The molecular formula is C30H33BrN2O5. The third kappa shape index (κ3) is 5.95. The number of ether oxygens (including phenoxy) is 3. The molecule has 0 saturated carbocycles. The van der Waals surface area contributed by atoms with E-state index in [-0.39, 0.29) is 31.5 Å². The van der Waals surface area contributed by atoms with Crippen molar-refractivity contribution in [1.29, 1.82) is 5.26 Å². The number of carbonyl (C=O) groups excluding carboxylic acids is 1. The monoisotopic (exact) mass is 580 g/mol. The number of aliphatic hydroxyl groups excluding tert-OH is 1. The predicted octanol–water partition coefficient (Wildman–Crippen LogP) is 6.14. The molecule has 4 rings (SSSR count). The van der Waals surface area contributed by atoms with E-state index < -0.39 is 11.8 Å². The van der Waals surface area contributed by atoms with Gasteiger partial charge in [0.1, 0.15) is 19.0 Å². The number of methoxy groups -OCH3 is 1. The van der Waals surface area contributed by atoms with Crippen LogP contribution in [0.15, 0.2) is 57.1 Å². The van der Waals surface area contributed by atoms with E-state index in [1.807, 2.05) is 43.3 Å². The summed E-state index contributed by atoms with van der Waals surface area (Å²) in [4.78, 5) is 18.2. The number of carbonyl (C=O) groups is 1. The minimum Gasteiger partial charge on any atom is -0.497 e. The fourth-order valence-electron chi connectivity index (χ4n) is 5.37. The van der Waals surface area contributed by atoms with E-state index in [1.54, 1.807) is 7.11 Å². The molecule has 0 spiro atoms. The summed E-state index contributed by atoms with van der Waals surface area (Å²) in [5.74, 6) is 0.966. The summed E-state index contributed by atoms with van der Waals surface area (Å²) in [6, 6.07) is 13.7. The standard InChI is InChI=1S/C30H33BrN2O5/c1-4-6-19-12-25-29(26(35)13-19)28(23(16-32)18(2)33-25)21-14-24(31)30(27(15-21)37-10-9-34)38-17-20-7-5-8-22(11-20)36-3/h5,7-8,11,14-15,19,23,28,34H,4,6,9-10,12-13,17H2,1-3H3. The number of halogens is 1. The van der Waals surface area contributed by atoms with Crippen LogP contribution in [0.1, 0.15) is 56.6 Å². The van der Waals surface area contributed by atoms with Gasteiger partial charge in [-0.1, -0.05) is 25.5 Å². The van der Waals surface area contributed by atoms with Gasteiger partial charge in [-0.05, 0) is 77.0 Å². The predicted molar refractivity (Wildman–Crippen MR) is 149 cm³/mol. The van der Waals surface area contributed by atoms with E-state index in [1.165, 1.54) is 0 Å². The Morgan fingerprint density at radius 1 is 1.21 bits per heavy atom. The maximum Gasteiger partial charge on any atom is 0.175 e. The van der Waals surface area contributed by atoms with Crippen molar-refractivity contribution in [2.45, 2.75) is 52.1 Å². The number of allylic oxidation sites excluding steroid dienone is 2. The molecule has 3 atom stereocenters. The van der Waals surface area contributed by atoms with Gasteiger partial charge >= 0.3 is 0 Å². The normalized spacial score (nSPS) is 20.9. The van der Waals surface area contributed by atoms with E-state index in [9.17, 15) is 15.2 Å². The number of nitriles is 1. The molecule has 7 nitrogen and oxygen atoms in total. The second-order valence-corrected chi connectivity index (χ2v) is 10.6. The van der Waals surface area contributed by atoms with Gasteiger partial charge in [0, 0.05) is 29.3 Å². The molecule has 0 aromatic heterocycles. The highest BCUT2D eigenvalue weighted by Gasteiger charge is 2.41. The smallest absolute Gasteiger partial charge is 0.175 e. The van der Waals surface area contributed by atoms with E-state index >= 15 is 0 Å². The second-order valence-electron chi connectivity index (χ2n) is 9.73. The molecule has 2 aromatic carbocycles. The summed E-state index contributed by atoms with van der Waals surface area (Å²) in [6.45, 7) is 4.17. The van der Waals surface area contributed by atoms with Gasteiger partial charge in [-0.15, -0.1) is 0 Å². The molecule has 1 aliphatic heterocycles. The largest absolute Gasteiger partial charge is 0.497 e. The minimum atomic E-state index is -0.568. The average Bonchev–Trinajstić information content (AvgIpc) is 2.90. The molecule has 0 fully saturated rings. The molecule has 0 radical (unpaired) electrons. The van der Waals surface area contributed by atoms with Crippen LogP contribution in [0.3, 0.4) is 0 Å². The molecule has 200 valence electrons. The number of hydrogen-bond donors (Lipinski definition) is 1. The zero-order chi connectivity index (χ0) is 27.2. The third-order valence-corrected chi connectivity index (χ3v) is 7.66. The van der Waals surface area contributed by atoms with Gasteiger partial charge in [-0.25, -0.2) is 0 Å². The van der Waals surface area contributed by atoms with Crippen LogP contribution in [0.25, 0.3) is 0 Å². The molecule has 38 heavy (non-hydrogen) atoms. The average molecular weight is 582 g/mol. The summed E-state index contributed by atoms with van der Waals surface area (Å²) >= 11 is 3.64. The van der Waals surface area contributed by atoms with Gasteiger partial charge in [0.05, 0.1) is 30.2 Å². The Labute approximate surface area is 232 Å². The van der Waals surface area contributed by atoms with Crippen molar-refractivity contribution in [3.05, 3.63) is 63.3 Å². The Hall–Kier alpha value is -3.15. The van der Waals surface area contributed by atoms with Gasteiger partial charge in [0.2, 0.25) is 0 Å². The van der Waals surface area contributed by atoms with E-state index in [2.05, 4.69) is 28.9 Å². The molecule has 0 amide bonds. The molecular weight excluding hydrogens is 548 g/mol. The lowest BCUT2D eigenvalue weighted by atomic mass is 9.70. The number of rotatable bonds is 10. The maximum absolute atomic E-state index is 13.4. The molecule has 2 aliphatic rings. The first-order chi connectivity index (χ1) is 18.4. The first-order valence-electron chi connectivity index (χ1n) is 12.9. The van der Waals surface area contributed by atoms with Crippen LogP contribution in [-0.4, -0.2) is 36.9 Å². The number of Topliss-reactive ketones (excluding diaryl/α,β-unsaturated/α-hetero) is 1. The Morgan fingerprint density at radius 3 is 2.74 bits per heavy atom. The summed E-state index contributed by atoms with van der Waals surface area (Å²) in [6.07, 6.45) is 3.22. The molecule has 1 heterocycles. The Balaban J connectivity index is 1.73. The van der Waals surface area contributed by atoms with Crippen molar-refractivity contribution in [3.63, 3.8) is 0 Å². The first kappa shape index (κ1) is 27.9. The quantitative estimate of drug-likeness (QED) is 0.362. The molecule has 0 saturated heterocycles. The van der Waals surface area contributed by atoms with Gasteiger partial charge in [-0.2, -0.15) is 5.26 Å². The lowest BCUT2D eigenvalue weighted by Crippen LogP contribution is -2.32. The fraction of sp³-hybridized carbons (Fsp3) is 0.433. The molecule has 0 bridgehead atoms. The van der Waals surface area contributed by atoms with Crippen molar-refractivity contribution in [2.24, 2.45) is 16.8 Å². The van der Waals surface area contributed by atoms with Crippen molar-refractivity contribution >= 4 is 27.4 Å². The van der Waals surface area contributed by atoms with Crippen molar-refractivity contribution in [1.82, 2.24) is 0 Å². The molecule has 3 unspecified atom stereocenters. The van der Waals surface area contributed by atoms with Crippen LogP contribution >= 0.6 is 15.9 Å². The van der Waals surface area contributed by atoms with Gasteiger partial charge in [0.25, 0.3) is 0 Å². The summed E-state index contributed by atoms with van der Waals surface area (Å²) in [5, 5.41) is 19.6. The molecule has 8 heteroatoms. The highest BCUT2D eigenvalue weighted by atomic mass is 79.9. The molecule has 1 aliphatic carbocycles. The fourth-order valence-corrected chi connectivity index (χ4v) is 5.94. The second kappa shape index (κ2) is 12.6. The zero-order valence-corrected chi connectivity index (χ0v) is 23.6. The number of nitrogens with zero attached hydrogens (tertiary/aromatic N) is 2. The van der Waals surface area contributed by atoms with Crippen LogP contribution in [0.4, 0.5) is 0 Å². The van der Waals surface area contributed by atoms with Crippen molar-refractivity contribution in [3.8, 4) is 23.3 Å². The third-order valence-electron chi connectivity index (χ3n) is 7.07. The van der Waals surface area contributed by atoms with Gasteiger partial charge < -0.3 is 19.3 Å². The molecule has 1 N–H and O–H groups in total. The van der Waals surface area contributed by atoms with Crippen LogP contribution in [0, 0.1) is 23.2 Å². The summed E-state index contributed by atoms with van der Waals surface area (Å²) in [7, 11) is 1.62. The number of aliphatic hydroxyl groups is 1. The van der Waals surface area contributed by atoms with Gasteiger partial charge in [-0.3, -0.25) is 9.79 Å². The maximum atomic E-state index is 13.4. The Bertz CT molecular complexity index is 1300. The van der Waals surface area contributed by atoms with Crippen LogP contribution in [0.2, 0.25) is 0 Å². The lowest BCUT2D eigenvalue weighted by Gasteiger charge is -2.35. The summed E-state index contributed by atoms with van der Waals surface area (Å²) < 4.78 is 18.0. The highest BCUT2D eigenvalue weighted by molar-refractivity contribution is 9.10. The van der Waals surface area contributed by atoms with E-state index in [0.29, 0.717) is 33.7 Å². The highest BCUT2D eigenvalue weighted by Crippen LogP contribution is 2.48. The lowest BCUT2D eigenvalue weighted by molar-refractivity contribution is -0.117. The molecule has 2 aromatic rings. The summed E-state index contributed by atoms with van der Waals surface area (Å²) in [5.41, 5.74) is 3.85. The van der Waals surface area contributed by atoms with Crippen molar-refractivity contribution < 1.29 is 24.1 Å². The SMILES string of the molecule is CCCC1CC(=O)C2=C(C1)N=C(C)C(C#N)C2c1cc(Br)c(OCc2cccc(OC)c2)c(OCCO)c1. The first-order valence-corrected chi connectivity index (χ1v) is 13.7. The van der Waals surface area contributed by atoms with E-state index in [0.717, 1.165) is 41.8 Å². The topological polar surface area (TPSA) is 101 Å². The number of benzene rings is 2. The number of hydrogen-bond acceptors (Lipinski definition) is 7. The number of ketones is 1. The van der Waals surface area contributed by atoms with Crippen LogP contribution in [0.5, 0.6) is 17.2 Å². The van der Waals surface area contributed by atoms with Gasteiger partial charge in [0.15, 0.2) is 17.3 Å². The van der Waals surface area contributed by atoms with Crippen molar-refractivity contribution in [2.75, 3.05) is 20.3 Å². The van der Waals surface area contributed by atoms with Crippen LogP contribution < -0.4 is 14.2 Å². The van der Waals surface area contributed by atoms with E-state index in [4.69, 9.17) is 19.2 Å².